The Labute approximate surface area is 114 Å². The first kappa shape index (κ1) is 14.1. The minimum absolute atomic E-state index is 0.110. The minimum Gasteiger partial charge on any atom is -0.382 e. The molecule has 0 spiro atoms. The van der Waals surface area contributed by atoms with Crippen molar-refractivity contribution in [2.24, 2.45) is 0 Å². The summed E-state index contributed by atoms with van der Waals surface area (Å²) in [6.07, 6.45) is 10.4. The predicted octanol–water partition coefficient (Wildman–Crippen LogP) is 1.81. The lowest BCUT2D eigenvalue weighted by Crippen LogP contribution is -2.49. The Morgan fingerprint density at radius 1 is 1.53 bits per heavy atom. The van der Waals surface area contributed by atoms with Crippen molar-refractivity contribution in [2.75, 3.05) is 13.7 Å². The number of aromatic nitrogens is 2. The van der Waals surface area contributed by atoms with E-state index in [-0.39, 0.29) is 11.4 Å². The van der Waals surface area contributed by atoms with Crippen molar-refractivity contribution >= 4 is 5.91 Å². The van der Waals surface area contributed by atoms with Crippen molar-refractivity contribution in [3.05, 3.63) is 18.0 Å². The third-order valence-electron chi connectivity index (χ3n) is 3.81. The number of aromatic amines is 1. The molecule has 2 rings (SSSR count). The van der Waals surface area contributed by atoms with Crippen molar-refractivity contribution in [2.45, 2.75) is 50.5 Å². The van der Waals surface area contributed by atoms with E-state index < -0.39 is 0 Å². The molecule has 0 radical (unpaired) electrons. The van der Waals surface area contributed by atoms with Crippen LogP contribution >= 0.6 is 0 Å². The van der Waals surface area contributed by atoms with Crippen molar-refractivity contribution in [1.82, 2.24) is 15.5 Å². The predicted molar refractivity (Wildman–Crippen MR) is 72.7 cm³/mol. The van der Waals surface area contributed by atoms with E-state index in [0.29, 0.717) is 13.0 Å². The Balaban J connectivity index is 1.73. The van der Waals surface area contributed by atoms with E-state index in [9.17, 15) is 4.79 Å². The monoisotopic (exact) mass is 265 g/mol. The first-order valence-corrected chi connectivity index (χ1v) is 7.02. The molecule has 1 aliphatic carbocycles. The molecular formula is C14H23N3O2. The number of carbonyl (C=O) groups excluding carboxylic acids is 1. The van der Waals surface area contributed by atoms with Crippen LogP contribution in [-0.4, -0.2) is 35.4 Å². The van der Waals surface area contributed by atoms with Gasteiger partial charge < -0.3 is 10.1 Å². The zero-order chi connectivity index (χ0) is 13.6. The standard InChI is InChI=1S/C14H23N3O2/c1-19-11-14(7-2-3-8-14)17-13(18)6-4-5-12-9-15-16-10-12/h9-10H,2-8,11H2,1H3,(H,15,16)(H,17,18). The highest BCUT2D eigenvalue weighted by molar-refractivity contribution is 5.76. The first-order chi connectivity index (χ1) is 9.24. The zero-order valence-electron chi connectivity index (χ0n) is 11.6. The summed E-state index contributed by atoms with van der Waals surface area (Å²) in [7, 11) is 1.70. The van der Waals surface area contributed by atoms with Crippen LogP contribution in [-0.2, 0) is 16.0 Å². The van der Waals surface area contributed by atoms with Crippen molar-refractivity contribution in [1.29, 1.82) is 0 Å². The number of amides is 1. The lowest BCUT2D eigenvalue weighted by atomic mass is 9.98. The van der Waals surface area contributed by atoms with Crippen LogP contribution in [0.3, 0.4) is 0 Å². The van der Waals surface area contributed by atoms with Crippen LogP contribution in [0.4, 0.5) is 0 Å². The average Bonchev–Trinajstić information content (AvgIpc) is 3.02. The molecule has 2 N–H and O–H groups in total. The third kappa shape index (κ3) is 4.06. The Bertz CT molecular complexity index is 383. The summed E-state index contributed by atoms with van der Waals surface area (Å²) in [6, 6.07) is 0. The summed E-state index contributed by atoms with van der Waals surface area (Å²) in [5.74, 6) is 0.141. The van der Waals surface area contributed by atoms with E-state index in [2.05, 4.69) is 15.5 Å². The molecule has 0 unspecified atom stereocenters. The van der Waals surface area contributed by atoms with Gasteiger partial charge in [-0.1, -0.05) is 12.8 Å². The first-order valence-electron chi connectivity index (χ1n) is 7.02. The number of rotatable bonds is 7. The second kappa shape index (κ2) is 6.70. The summed E-state index contributed by atoms with van der Waals surface area (Å²) in [5, 5.41) is 9.86. The molecule has 0 aromatic carbocycles. The summed E-state index contributed by atoms with van der Waals surface area (Å²) in [5.41, 5.74) is 1.04. The van der Waals surface area contributed by atoms with Crippen LogP contribution in [0.2, 0.25) is 0 Å². The van der Waals surface area contributed by atoms with E-state index in [4.69, 9.17) is 4.74 Å². The van der Waals surface area contributed by atoms with E-state index in [1.165, 1.54) is 12.8 Å². The number of carbonyl (C=O) groups is 1. The van der Waals surface area contributed by atoms with E-state index in [1.54, 1.807) is 13.3 Å². The Kier molecular flexibility index (Phi) is 4.96. The highest BCUT2D eigenvalue weighted by atomic mass is 16.5. The molecule has 5 heteroatoms. The van der Waals surface area contributed by atoms with Gasteiger partial charge in [0.15, 0.2) is 0 Å². The molecule has 1 aliphatic rings. The fourth-order valence-corrected chi connectivity index (χ4v) is 2.86. The van der Waals surface area contributed by atoms with Gasteiger partial charge in [0.1, 0.15) is 0 Å². The SMILES string of the molecule is COCC1(NC(=O)CCCc2cn[nH]c2)CCCC1. The molecule has 1 heterocycles. The maximum atomic E-state index is 12.0. The van der Waals surface area contributed by atoms with Gasteiger partial charge in [0.2, 0.25) is 5.91 Å². The van der Waals surface area contributed by atoms with Gasteiger partial charge in [-0.05, 0) is 31.2 Å². The van der Waals surface area contributed by atoms with Crippen LogP contribution in [0.25, 0.3) is 0 Å². The van der Waals surface area contributed by atoms with Gasteiger partial charge in [0.25, 0.3) is 0 Å². The topological polar surface area (TPSA) is 67.0 Å². The summed E-state index contributed by atoms with van der Waals surface area (Å²) in [6.45, 7) is 0.625. The quantitative estimate of drug-likeness (QED) is 0.790. The van der Waals surface area contributed by atoms with Crippen molar-refractivity contribution < 1.29 is 9.53 Å². The highest BCUT2D eigenvalue weighted by Crippen LogP contribution is 2.30. The van der Waals surface area contributed by atoms with Gasteiger partial charge in [0, 0.05) is 19.7 Å². The van der Waals surface area contributed by atoms with Crippen LogP contribution in [0.1, 0.15) is 44.1 Å². The number of hydrogen-bond donors (Lipinski definition) is 2. The van der Waals surface area contributed by atoms with Crippen LogP contribution in [0, 0.1) is 0 Å². The van der Waals surface area contributed by atoms with Gasteiger partial charge in [-0.2, -0.15) is 5.10 Å². The van der Waals surface area contributed by atoms with Gasteiger partial charge in [-0.3, -0.25) is 9.89 Å². The summed E-state index contributed by atoms with van der Waals surface area (Å²) >= 11 is 0. The second-order valence-corrected chi connectivity index (χ2v) is 5.43. The summed E-state index contributed by atoms with van der Waals surface area (Å²) in [4.78, 5) is 12.0. The Hall–Kier alpha value is -1.36. The Morgan fingerprint density at radius 2 is 2.32 bits per heavy atom. The lowest BCUT2D eigenvalue weighted by Gasteiger charge is -2.29. The van der Waals surface area contributed by atoms with E-state index in [0.717, 1.165) is 31.2 Å². The van der Waals surface area contributed by atoms with Gasteiger partial charge >= 0.3 is 0 Å². The van der Waals surface area contributed by atoms with E-state index in [1.807, 2.05) is 6.20 Å². The second-order valence-electron chi connectivity index (χ2n) is 5.43. The van der Waals surface area contributed by atoms with Gasteiger partial charge in [-0.15, -0.1) is 0 Å². The third-order valence-corrected chi connectivity index (χ3v) is 3.81. The van der Waals surface area contributed by atoms with Crippen LogP contribution < -0.4 is 5.32 Å². The summed E-state index contributed by atoms with van der Waals surface area (Å²) < 4.78 is 5.27. The normalized spacial score (nSPS) is 17.5. The van der Waals surface area contributed by atoms with Gasteiger partial charge in [-0.25, -0.2) is 0 Å². The molecule has 5 nitrogen and oxygen atoms in total. The largest absolute Gasteiger partial charge is 0.382 e. The molecule has 19 heavy (non-hydrogen) atoms. The molecule has 0 atom stereocenters. The average molecular weight is 265 g/mol. The fourth-order valence-electron chi connectivity index (χ4n) is 2.86. The maximum Gasteiger partial charge on any atom is 0.220 e. The minimum atomic E-state index is -0.110. The van der Waals surface area contributed by atoms with Crippen LogP contribution in [0.5, 0.6) is 0 Å². The number of aryl methyl sites for hydroxylation is 1. The molecule has 1 amide bonds. The number of nitrogens with zero attached hydrogens (tertiary/aromatic N) is 1. The number of methoxy groups -OCH3 is 1. The lowest BCUT2D eigenvalue weighted by molar-refractivity contribution is -0.123. The van der Waals surface area contributed by atoms with E-state index >= 15 is 0 Å². The molecule has 106 valence electrons. The number of H-pyrrole nitrogens is 1. The van der Waals surface area contributed by atoms with Crippen molar-refractivity contribution in [3.8, 4) is 0 Å². The Morgan fingerprint density at radius 3 is 2.95 bits per heavy atom. The molecule has 1 saturated carbocycles. The molecule has 1 aromatic heterocycles. The molecule has 0 aliphatic heterocycles. The highest BCUT2D eigenvalue weighted by Gasteiger charge is 2.34. The van der Waals surface area contributed by atoms with Crippen molar-refractivity contribution in [3.63, 3.8) is 0 Å². The number of hydrogen-bond acceptors (Lipinski definition) is 3. The van der Waals surface area contributed by atoms with Gasteiger partial charge in [0.05, 0.1) is 18.3 Å². The smallest absolute Gasteiger partial charge is 0.220 e. The van der Waals surface area contributed by atoms with Crippen LogP contribution in [0.15, 0.2) is 12.4 Å². The maximum absolute atomic E-state index is 12.0. The number of ether oxygens (including phenoxy) is 1. The number of nitrogens with one attached hydrogen (secondary N) is 2. The fraction of sp³-hybridized carbons (Fsp3) is 0.714. The molecule has 0 saturated heterocycles. The molecular weight excluding hydrogens is 242 g/mol. The molecule has 1 aromatic rings. The zero-order valence-corrected chi connectivity index (χ0v) is 11.6. The molecule has 0 bridgehead atoms. The molecule has 1 fully saturated rings.